The lowest BCUT2D eigenvalue weighted by Crippen LogP contribution is -2.50. The summed E-state index contributed by atoms with van der Waals surface area (Å²) in [6, 6.07) is -0.106. The minimum atomic E-state index is -0.505. The molecular weight excluding hydrogens is 552 g/mol. The van der Waals surface area contributed by atoms with Gasteiger partial charge in [-0.1, -0.05) is 30.7 Å². The molecule has 0 saturated carbocycles. The Hall–Kier alpha value is -2.73. The van der Waals surface area contributed by atoms with Crippen LogP contribution in [0.4, 0.5) is 4.79 Å². The largest absolute Gasteiger partial charge is 0.442 e. The summed E-state index contributed by atoms with van der Waals surface area (Å²) in [5.41, 5.74) is 6.33. The monoisotopic (exact) mass is 602 g/mol. The Morgan fingerprint density at radius 1 is 1.12 bits per heavy atom. The van der Waals surface area contributed by atoms with E-state index < -0.39 is 6.10 Å². The van der Waals surface area contributed by atoms with Crippen LogP contribution in [0.1, 0.15) is 59.8 Å². The van der Waals surface area contributed by atoms with Crippen molar-refractivity contribution in [2.24, 2.45) is 11.7 Å². The van der Waals surface area contributed by atoms with E-state index in [1.165, 1.54) is 6.08 Å². The number of amides is 3. The average Bonchev–Trinajstić information content (AvgIpc) is 3.68. The lowest BCUT2D eigenvalue weighted by Gasteiger charge is -2.39. The van der Waals surface area contributed by atoms with Crippen LogP contribution in [0.25, 0.3) is 0 Å². The summed E-state index contributed by atoms with van der Waals surface area (Å²) in [6.07, 6.45) is 11.3. The number of nitrogens with one attached hydrogen (secondary N) is 1. The fraction of sp³-hybridized carbons (Fsp3) is 0.719. The molecule has 0 radical (unpaired) electrons. The van der Waals surface area contributed by atoms with Crippen LogP contribution in [-0.2, 0) is 28.5 Å². The van der Waals surface area contributed by atoms with E-state index in [4.69, 9.17) is 24.7 Å². The fourth-order valence-corrected chi connectivity index (χ4v) is 6.06. The number of hydrogen-bond acceptors (Lipinski definition) is 8. The molecule has 4 saturated heterocycles. The van der Waals surface area contributed by atoms with Gasteiger partial charge in [-0.25, -0.2) is 4.79 Å². The molecule has 11 heteroatoms. The minimum Gasteiger partial charge on any atom is -0.442 e. The zero-order valence-corrected chi connectivity index (χ0v) is 26.3. The number of epoxide rings is 1. The van der Waals surface area contributed by atoms with Crippen molar-refractivity contribution in [1.29, 1.82) is 0 Å². The number of carbonyl (C=O) groups is 3. The lowest BCUT2D eigenvalue weighted by molar-refractivity contribution is -0.125. The van der Waals surface area contributed by atoms with Gasteiger partial charge in [-0.3, -0.25) is 9.59 Å². The van der Waals surface area contributed by atoms with Gasteiger partial charge in [0.05, 0.1) is 49.1 Å². The molecule has 3 amide bonds. The van der Waals surface area contributed by atoms with E-state index in [0.29, 0.717) is 26.1 Å². The maximum absolute atomic E-state index is 12.6. The van der Waals surface area contributed by atoms with Gasteiger partial charge in [0.1, 0.15) is 6.10 Å². The van der Waals surface area contributed by atoms with Crippen molar-refractivity contribution in [3.05, 3.63) is 36.0 Å². The Kier molecular flexibility index (Phi) is 11.4. The molecule has 240 valence electrons. The number of allylic oxidation sites excluding steroid dienone is 2. The first-order valence-corrected chi connectivity index (χ1v) is 15.6. The predicted molar refractivity (Wildman–Crippen MR) is 162 cm³/mol. The molecule has 3 N–H and O–H groups in total. The van der Waals surface area contributed by atoms with Crippen LogP contribution in [0.5, 0.6) is 0 Å². The average molecular weight is 603 g/mol. The molecule has 0 aromatic heterocycles. The van der Waals surface area contributed by atoms with Crippen LogP contribution in [-0.4, -0.2) is 110 Å². The number of ether oxygens (including phenoxy) is 4. The smallest absolute Gasteiger partial charge is 0.410 e. The number of primary amides is 1. The van der Waals surface area contributed by atoms with E-state index in [0.717, 1.165) is 37.9 Å². The molecule has 8 atom stereocenters. The maximum Gasteiger partial charge on any atom is 0.410 e. The summed E-state index contributed by atoms with van der Waals surface area (Å²) >= 11 is 0. The summed E-state index contributed by atoms with van der Waals surface area (Å²) in [4.78, 5) is 40.3. The van der Waals surface area contributed by atoms with Gasteiger partial charge in [0.15, 0.2) is 0 Å². The second-order valence-electron chi connectivity index (χ2n) is 12.8. The van der Waals surface area contributed by atoms with Crippen LogP contribution >= 0.6 is 0 Å². The lowest BCUT2D eigenvalue weighted by atomic mass is 9.88. The third-order valence-electron chi connectivity index (χ3n) is 8.88. The Balaban J connectivity index is 1.19. The van der Waals surface area contributed by atoms with Gasteiger partial charge < -0.3 is 39.8 Å². The topological polar surface area (TPSA) is 136 Å². The number of likely N-dealkylation sites (N-methyl/N-ethyl adjacent to an activating group) is 1. The third kappa shape index (κ3) is 10.2. The molecule has 0 aliphatic carbocycles. The number of nitrogens with zero attached hydrogens (tertiary/aromatic N) is 2. The summed E-state index contributed by atoms with van der Waals surface area (Å²) in [5, 5.41) is 3.06. The molecule has 4 aliphatic heterocycles. The van der Waals surface area contributed by atoms with Crippen LogP contribution in [0.3, 0.4) is 0 Å². The highest BCUT2D eigenvalue weighted by atomic mass is 16.6. The van der Waals surface area contributed by atoms with Crippen molar-refractivity contribution in [3.63, 3.8) is 0 Å². The van der Waals surface area contributed by atoms with Crippen molar-refractivity contribution >= 4 is 17.9 Å². The van der Waals surface area contributed by atoms with Crippen molar-refractivity contribution in [2.45, 2.75) is 102 Å². The van der Waals surface area contributed by atoms with Crippen LogP contribution in [0.15, 0.2) is 36.0 Å². The Morgan fingerprint density at radius 2 is 1.84 bits per heavy atom. The maximum atomic E-state index is 12.6. The number of hydrogen-bond donors (Lipinski definition) is 2. The van der Waals surface area contributed by atoms with E-state index in [9.17, 15) is 14.4 Å². The normalized spacial score (nSPS) is 34.4. The molecule has 4 rings (SSSR count). The molecule has 11 nitrogen and oxygen atoms in total. The zero-order valence-electron chi connectivity index (χ0n) is 26.3. The van der Waals surface area contributed by atoms with Gasteiger partial charge in [-0.05, 0) is 52.7 Å². The van der Waals surface area contributed by atoms with Crippen molar-refractivity contribution < 1.29 is 33.3 Å². The fourth-order valence-electron chi connectivity index (χ4n) is 6.06. The zero-order chi connectivity index (χ0) is 31.1. The second-order valence-corrected chi connectivity index (χ2v) is 12.8. The van der Waals surface area contributed by atoms with Crippen LogP contribution in [0.2, 0.25) is 0 Å². The quantitative estimate of drug-likeness (QED) is 0.221. The van der Waals surface area contributed by atoms with Gasteiger partial charge in [-0.2, -0.15) is 0 Å². The standard InChI is InChI=1S/C32H50N4O7/c1-21(6-9-25-18-32(20-40-32)19-26(43-25)17-29(33)37)7-10-28-22(2)16-27(24(4)42-28)34-30(38)11-8-23(3)41-31(39)36-14-12-35(5)13-15-36/h6-9,11,22-28H,10,12-20H2,1-5H3,(H2,33,37)(H,34,38)/b9-6+,11-8-,21-7+/t22-,23-,24+,25+,26+,27+,28-,32+/m0/s1. The van der Waals surface area contributed by atoms with E-state index in [1.807, 2.05) is 20.0 Å². The molecule has 4 heterocycles. The van der Waals surface area contributed by atoms with E-state index in [1.54, 1.807) is 17.9 Å². The third-order valence-corrected chi connectivity index (χ3v) is 8.88. The molecule has 0 bridgehead atoms. The highest BCUT2D eigenvalue weighted by Crippen LogP contribution is 2.43. The van der Waals surface area contributed by atoms with E-state index in [2.05, 4.69) is 36.2 Å². The molecule has 0 unspecified atom stereocenters. The first-order valence-electron chi connectivity index (χ1n) is 15.6. The predicted octanol–water partition coefficient (Wildman–Crippen LogP) is 2.70. The highest BCUT2D eigenvalue weighted by Gasteiger charge is 2.51. The molecular formula is C32H50N4O7. The molecule has 0 aromatic rings. The summed E-state index contributed by atoms with van der Waals surface area (Å²) < 4.78 is 23.6. The van der Waals surface area contributed by atoms with Crippen LogP contribution in [0, 0.1) is 5.92 Å². The summed E-state index contributed by atoms with van der Waals surface area (Å²) in [5.74, 6) is -0.328. The number of rotatable bonds is 10. The Labute approximate surface area is 255 Å². The van der Waals surface area contributed by atoms with Gasteiger partial charge >= 0.3 is 6.09 Å². The molecule has 1 spiro atoms. The summed E-state index contributed by atoms with van der Waals surface area (Å²) in [7, 11) is 2.03. The van der Waals surface area contributed by atoms with E-state index >= 15 is 0 Å². The van der Waals surface area contributed by atoms with Crippen LogP contribution < -0.4 is 11.1 Å². The molecule has 4 fully saturated rings. The minimum absolute atomic E-state index is 0.0464. The van der Waals surface area contributed by atoms with Gasteiger partial charge in [0.2, 0.25) is 11.8 Å². The number of piperazine rings is 1. The van der Waals surface area contributed by atoms with Gasteiger partial charge in [0, 0.05) is 45.1 Å². The molecule has 4 aliphatic rings. The SMILES string of the molecule is CC(/C=C/[C@@H]1C[C@]2(CO2)C[C@@H](CC(N)=O)O1)=C\C[C@@H]1O[C@H](C)[C@H](NC(=O)/C=C\[C@H](C)OC(=O)N2CCN(C)CC2)C[C@@H]1C. The second kappa shape index (κ2) is 14.8. The summed E-state index contributed by atoms with van der Waals surface area (Å²) in [6.45, 7) is 11.6. The number of carbonyl (C=O) groups excluding carboxylic acids is 3. The van der Waals surface area contributed by atoms with Crippen molar-refractivity contribution in [1.82, 2.24) is 15.1 Å². The van der Waals surface area contributed by atoms with Gasteiger partial charge in [-0.15, -0.1) is 0 Å². The van der Waals surface area contributed by atoms with Crippen molar-refractivity contribution in [3.8, 4) is 0 Å². The highest BCUT2D eigenvalue weighted by molar-refractivity contribution is 5.87. The van der Waals surface area contributed by atoms with Gasteiger partial charge in [0.25, 0.3) is 0 Å². The first-order chi connectivity index (χ1) is 20.4. The van der Waals surface area contributed by atoms with Crippen molar-refractivity contribution in [2.75, 3.05) is 39.8 Å². The molecule has 0 aromatic carbocycles. The Morgan fingerprint density at radius 3 is 2.51 bits per heavy atom. The Bertz CT molecular complexity index is 1080. The number of nitrogens with two attached hydrogens (primary N) is 1. The van der Waals surface area contributed by atoms with E-state index in [-0.39, 0.29) is 66.3 Å². The first kappa shape index (κ1) is 33.2. The molecule has 43 heavy (non-hydrogen) atoms.